The molecule has 9 heteroatoms. The topological polar surface area (TPSA) is 65.1 Å². The minimum Gasteiger partial charge on any atom is -0.465 e. The van der Waals surface area contributed by atoms with Crippen LogP contribution in [-0.4, -0.2) is 74.9 Å². The summed E-state index contributed by atoms with van der Waals surface area (Å²) in [6, 6.07) is 19.8. The van der Waals surface area contributed by atoms with Crippen LogP contribution < -0.4 is 10.4 Å². The largest absolute Gasteiger partial charge is 0.465 e. The predicted octanol–water partition coefficient (Wildman–Crippen LogP) is 18.2. The van der Waals surface area contributed by atoms with Crippen LogP contribution in [0.5, 0.6) is 0 Å². The smallest absolute Gasteiger partial charge is 0.326 e. The Morgan fingerprint density at radius 3 is 1.55 bits per heavy atom. The summed E-state index contributed by atoms with van der Waals surface area (Å²) in [5.74, 6) is 3.43. The third kappa shape index (κ3) is 36.3. The van der Waals surface area contributed by atoms with E-state index >= 15 is 0 Å². The molecule has 0 saturated heterocycles. The molecule has 425 valence electrons. The van der Waals surface area contributed by atoms with Crippen molar-refractivity contribution in [1.29, 1.82) is 0 Å². The molecule has 0 aliphatic heterocycles. The number of benzene rings is 2. The van der Waals surface area contributed by atoms with Gasteiger partial charge in [0.05, 0.1) is 18.9 Å². The number of ether oxygens (including phenoxy) is 1. The maximum atomic E-state index is 13.8. The highest BCUT2D eigenvalue weighted by atomic mass is 32.2. The lowest BCUT2D eigenvalue weighted by Crippen LogP contribution is -2.45. The molecule has 2 atom stereocenters. The van der Waals surface area contributed by atoms with Crippen LogP contribution in [0.15, 0.2) is 54.6 Å². The van der Waals surface area contributed by atoms with Gasteiger partial charge in [-0.05, 0) is 84.2 Å². The maximum Gasteiger partial charge on any atom is 0.326 e. The van der Waals surface area contributed by atoms with Crippen LogP contribution in [0.4, 0.5) is 0 Å². The normalized spacial score (nSPS) is 12.7. The molecule has 0 aliphatic carbocycles. The number of rotatable bonds is 51. The molecule has 2 unspecified atom stereocenters. The van der Waals surface area contributed by atoms with Crippen LogP contribution >= 0.6 is 23.5 Å². The fourth-order valence-electron chi connectivity index (χ4n) is 9.61. The van der Waals surface area contributed by atoms with E-state index in [0.29, 0.717) is 24.9 Å². The zero-order valence-electron chi connectivity index (χ0n) is 49.1. The standard InChI is InChI=1S/C65H114NO5S2Si/c1-8-12-16-20-26-33-43-58(42-32-19-15-11-4)64(68)69-52-38-28-25-23-21-22-24-27-36-50-66(71-63(67)56-60(73-55-41-30-18-14-10-3)57-72-54-40-29-17-13-9-2)51-37-39-53-70-74(61-44-34-31-35-45-61)62-48-46-59(47-49-62)65(5,6)7/h31,34-35,44-49,58,60H,8-30,32-33,36-43,50-57H2,1-7H3. The van der Waals surface area contributed by atoms with E-state index in [2.05, 4.69) is 103 Å². The summed E-state index contributed by atoms with van der Waals surface area (Å²) in [6.07, 6.45) is 40.2. The zero-order chi connectivity index (χ0) is 53.6. The summed E-state index contributed by atoms with van der Waals surface area (Å²) in [5, 5.41) is 4.85. The number of hydrogen-bond donors (Lipinski definition) is 0. The van der Waals surface area contributed by atoms with Crippen molar-refractivity contribution < 1.29 is 23.6 Å². The molecule has 0 bridgehead atoms. The first kappa shape index (κ1) is 68.3. The van der Waals surface area contributed by atoms with Gasteiger partial charge in [0.2, 0.25) is 0 Å². The quantitative estimate of drug-likeness (QED) is 0.0281. The van der Waals surface area contributed by atoms with Gasteiger partial charge in [-0.15, -0.1) is 5.06 Å². The summed E-state index contributed by atoms with van der Waals surface area (Å²) in [4.78, 5) is 33.2. The van der Waals surface area contributed by atoms with E-state index in [1.807, 2.05) is 28.6 Å². The Balaban J connectivity index is 1.89. The van der Waals surface area contributed by atoms with Gasteiger partial charge >= 0.3 is 11.9 Å². The molecule has 0 amide bonds. The number of carbonyl (C=O) groups excluding carboxylic acids is 2. The van der Waals surface area contributed by atoms with Gasteiger partial charge in [0.25, 0.3) is 9.04 Å². The van der Waals surface area contributed by atoms with Crippen molar-refractivity contribution in [2.75, 3.05) is 43.6 Å². The van der Waals surface area contributed by atoms with E-state index in [1.54, 1.807) is 0 Å². The Kier molecular flexibility index (Phi) is 43.6. The Morgan fingerprint density at radius 1 is 0.527 bits per heavy atom. The second-order valence-electron chi connectivity index (χ2n) is 22.5. The first-order valence-electron chi connectivity index (χ1n) is 31.1. The van der Waals surface area contributed by atoms with Gasteiger partial charge in [-0.3, -0.25) is 9.59 Å². The minimum atomic E-state index is -1.39. The Hall–Kier alpha value is -1.78. The number of hydroxylamine groups is 2. The third-order valence-electron chi connectivity index (χ3n) is 14.5. The molecule has 0 fully saturated rings. The molecule has 74 heavy (non-hydrogen) atoms. The summed E-state index contributed by atoms with van der Waals surface area (Å²) in [7, 11) is -1.39. The fourth-order valence-corrected chi connectivity index (χ4v) is 14.2. The lowest BCUT2D eigenvalue weighted by molar-refractivity contribution is -0.191. The van der Waals surface area contributed by atoms with Gasteiger partial charge in [0.1, 0.15) is 0 Å². The molecular weight excluding hydrogens is 967 g/mol. The lowest BCUT2D eigenvalue weighted by atomic mass is 9.87. The number of thioether (sulfide) groups is 2. The molecule has 1 radical (unpaired) electrons. The molecule has 0 aromatic heterocycles. The number of unbranched alkanes of at least 4 members (excludes halogenated alkanes) is 25. The molecule has 2 aromatic rings. The predicted molar refractivity (Wildman–Crippen MR) is 328 cm³/mol. The highest BCUT2D eigenvalue weighted by molar-refractivity contribution is 8.03. The number of hydrogen-bond acceptors (Lipinski definition) is 8. The fraction of sp³-hybridized carbons (Fsp3) is 0.785. The molecule has 6 nitrogen and oxygen atoms in total. The zero-order valence-corrected chi connectivity index (χ0v) is 51.8. The monoisotopic (exact) mass is 1080 g/mol. The molecule has 0 saturated carbocycles. The van der Waals surface area contributed by atoms with Crippen LogP contribution in [0.25, 0.3) is 0 Å². The van der Waals surface area contributed by atoms with E-state index in [1.165, 1.54) is 169 Å². The van der Waals surface area contributed by atoms with Crippen molar-refractivity contribution in [2.24, 2.45) is 5.92 Å². The molecule has 2 aromatic carbocycles. The van der Waals surface area contributed by atoms with Crippen LogP contribution in [-0.2, 0) is 29.0 Å². The Morgan fingerprint density at radius 2 is 0.986 bits per heavy atom. The molecular formula is C65H114NO5S2Si. The maximum absolute atomic E-state index is 13.8. The van der Waals surface area contributed by atoms with Crippen molar-refractivity contribution in [1.82, 2.24) is 5.06 Å². The number of esters is 1. The molecule has 2 rings (SSSR count). The second kappa shape index (κ2) is 47.2. The first-order chi connectivity index (χ1) is 36.1. The molecule has 0 heterocycles. The van der Waals surface area contributed by atoms with Crippen molar-refractivity contribution in [2.45, 2.75) is 277 Å². The van der Waals surface area contributed by atoms with Gasteiger partial charge in [-0.25, -0.2) is 0 Å². The van der Waals surface area contributed by atoms with E-state index < -0.39 is 9.04 Å². The van der Waals surface area contributed by atoms with Gasteiger partial charge in [0, 0.05) is 30.7 Å². The van der Waals surface area contributed by atoms with Gasteiger partial charge in [0.15, 0.2) is 0 Å². The number of nitrogens with zero attached hydrogens (tertiary/aromatic N) is 1. The summed E-state index contributed by atoms with van der Waals surface area (Å²) in [5.41, 5.74) is 1.45. The number of carbonyl (C=O) groups is 2. The van der Waals surface area contributed by atoms with E-state index in [-0.39, 0.29) is 23.3 Å². The Bertz CT molecular complexity index is 1570. The third-order valence-corrected chi connectivity index (χ3v) is 19.4. The molecule has 0 spiro atoms. The molecule has 0 N–H and O–H groups in total. The average molecular weight is 1080 g/mol. The van der Waals surface area contributed by atoms with Crippen LogP contribution in [0, 0.1) is 5.92 Å². The first-order valence-corrected chi connectivity index (χ1v) is 34.7. The lowest BCUT2D eigenvalue weighted by Gasteiger charge is -2.23. The summed E-state index contributed by atoms with van der Waals surface area (Å²) in [6.45, 7) is 18.6. The van der Waals surface area contributed by atoms with Crippen LogP contribution in [0.2, 0.25) is 0 Å². The highest BCUT2D eigenvalue weighted by Gasteiger charge is 2.23. The van der Waals surface area contributed by atoms with Crippen molar-refractivity contribution in [3.63, 3.8) is 0 Å². The minimum absolute atomic E-state index is 0.0632. The molecule has 0 aliphatic rings. The van der Waals surface area contributed by atoms with E-state index in [0.717, 1.165) is 88.8 Å². The van der Waals surface area contributed by atoms with Crippen molar-refractivity contribution >= 4 is 54.9 Å². The summed E-state index contributed by atoms with van der Waals surface area (Å²) >= 11 is 4.04. The van der Waals surface area contributed by atoms with E-state index in [9.17, 15) is 9.59 Å². The SMILES string of the molecule is CCCCCCCCC(CCCCCC)C(=O)OCCCCCCCCCCCN(CCCCO[Si](c1ccccc1)c1ccc(C(C)(C)C)cc1)OC(=O)CC(CSCCCCCCC)SCCCCCCC. The van der Waals surface area contributed by atoms with Gasteiger partial charge < -0.3 is 14.0 Å². The highest BCUT2D eigenvalue weighted by Crippen LogP contribution is 2.25. The van der Waals surface area contributed by atoms with Crippen LogP contribution in [0.3, 0.4) is 0 Å². The van der Waals surface area contributed by atoms with Crippen molar-refractivity contribution in [3.8, 4) is 0 Å². The van der Waals surface area contributed by atoms with Crippen LogP contribution in [0.1, 0.15) is 272 Å². The average Bonchev–Trinajstić information content (AvgIpc) is 3.39. The summed E-state index contributed by atoms with van der Waals surface area (Å²) < 4.78 is 12.6. The van der Waals surface area contributed by atoms with Gasteiger partial charge in [-0.2, -0.15) is 23.5 Å². The van der Waals surface area contributed by atoms with E-state index in [4.69, 9.17) is 14.0 Å². The Labute approximate surface area is 468 Å². The van der Waals surface area contributed by atoms with Gasteiger partial charge in [-0.1, -0.05) is 264 Å². The van der Waals surface area contributed by atoms with Crippen molar-refractivity contribution in [3.05, 3.63) is 60.2 Å². The second-order valence-corrected chi connectivity index (χ2v) is 27.2.